The van der Waals surface area contributed by atoms with Gasteiger partial charge in [-0.1, -0.05) is 0 Å². The van der Waals surface area contributed by atoms with Gasteiger partial charge in [-0.25, -0.2) is 9.78 Å². The summed E-state index contributed by atoms with van der Waals surface area (Å²) in [5.41, 5.74) is -1.43. The molecule has 7 heteroatoms. The Morgan fingerprint density at radius 2 is 2.33 bits per heavy atom. The van der Waals surface area contributed by atoms with Gasteiger partial charge in [-0.2, -0.15) is 0 Å². The standard InChI is InChI=1S/C11H13N3O4/c1-11(10(15)16,7-4-5-7)13-9-8(14(17)18)3-2-6-12-9/h2-3,6-7H,4-5H2,1H3,(H,12,13)(H,15,16). The van der Waals surface area contributed by atoms with Gasteiger partial charge in [-0.05, 0) is 31.7 Å². The minimum absolute atomic E-state index is 0.000648. The van der Waals surface area contributed by atoms with Crippen LogP contribution in [0.2, 0.25) is 0 Å². The molecule has 1 aliphatic carbocycles. The van der Waals surface area contributed by atoms with Gasteiger partial charge >= 0.3 is 11.7 Å². The number of aliphatic carboxylic acids is 1. The Hall–Kier alpha value is -2.18. The third-order valence-corrected chi connectivity index (χ3v) is 3.20. The molecular weight excluding hydrogens is 238 g/mol. The molecule has 1 aliphatic rings. The maximum atomic E-state index is 11.3. The van der Waals surface area contributed by atoms with Crippen LogP contribution in [0.25, 0.3) is 0 Å². The summed E-state index contributed by atoms with van der Waals surface area (Å²) in [5, 5.41) is 22.8. The third kappa shape index (κ3) is 2.11. The molecule has 2 rings (SSSR count). The minimum atomic E-state index is -1.21. The molecule has 1 saturated carbocycles. The van der Waals surface area contributed by atoms with Crippen molar-refractivity contribution >= 4 is 17.5 Å². The lowest BCUT2D eigenvalue weighted by Crippen LogP contribution is -2.45. The van der Waals surface area contributed by atoms with Crippen molar-refractivity contribution in [3.63, 3.8) is 0 Å². The molecule has 0 radical (unpaired) electrons. The lowest BCUT2D eigenvalue weighted by molar-refractivity contribution is -0.384. The summed E-state index contributed by atoms with van der Waals surface area (Å²) in [4.78, 5) is 25.5. The zero-order chi connectivity index (χ0) is 13.3. The van der Waals surface area contributed by atoms with Crippen molar-refractivity contribution in [3.8, 4) is 0 Å². The number of carboxylic acids is 1. The molecule has 2 N–H and O–H groups in total. The zero-order valence-corrected chi connectivity index (χ0v) is 9.79. The van der Waals surface area contributed by atoms with Gasteiger partial charge < -0.3 is 10.4 Å². The Balaban J connectivity index is 2.32. The summed E-state index contributed by atoms with van der Waals surface area (Å²) >= 11 is 0. The Labute approximate surface area is 103 Å². The fraction of sp³-hybridized carbons (Fsp3) is 0.455. The van der Waals surface area contributed by atoms with Crippen molar-refractivity contribution in [1.29, 1.82) is 0 Å². The lowest BCUT2D eigenvalue weighted by Gasteiger charge is -2.26. The topological polar surface area (TPSA) is 105 Å². The molecular formula is C11H13N3O4. The Morgan fingerprint density at radius 3 is 2.83 bits per heavy atom. The molecule has 0 amide bonds. The molecule has 7 nitrogen and oxygen atoms in total. The minimum Gasteiger partial charge on any atom is -0.480 e. The molecule has 0 aliphatic heterocycles. The number of carboxylic acid groups (broad SMARTS) is 1. The van der Waals surface area contributed by atoms with Gasteiger partial charge in [0.1, 0.15) is 5.54 Å². The maximum absolute atomic E-state index is 11.3. The van der Waals surface area contributed by atoms with Crippen LogP contribution in [0.5, 0.6) is 0 Å². The summed E-state index contributed by atoms with van der Waals surface area (Å²) in [6.07, 6.45) is 3.00. The summed E-state index contributed by atoms with van der Waals surface area (Å²) in [6, 6.07) is 2.74. The third-order valence-electron chi connectivity index (χ3n) is 3.20. The van der Waals surface area contributed by atoms with Crippen LogP contribution < -0.4 is 5.32 Å². The Morgan fingerprint density at radius 1 is 1.67 bits per heavy atom. The molecule has 18 heavy (non-hydrogen) atoms. The van der Waals surface area contributed by atoms with E-state index in [9.17, 15) is 20.0 Å². The van der Waals surface area contributed by atoms with Crippen LogP contribution in [0.15, 0.2) is 18.3 Å². The molecule has 96 valence electrons. The fourth-order valence-corrected chi connectivity index (χ4v) is 1.88. The quantitative estimate of drug-likeness (QED) is 0.609. The molecule has 1 fully saturated rings. The smallest absolute Gasteiger partial charge is 0.329 e. The predicted molar refractivity (Wildman–Crippen MR) is 63.3 cm³/mol. The molecule has 0 bridgehead atoms. The van der Waals surface area contributed by atoms with Gasteiger partial charge in [-0.3, -0.25) is 10.1 Å². The summed E-state index contributed by atoms with van der Waals surface area (Å²) < 4.78 is 0. The van der Waals surface area contributed by atoms with E-state index in [1.807, 2.05) is 0 Å². The first-order valence-electron chi connectivity index (χ1n) is 5.56. The van der Waals surface area contributed by atoms with Gasteiger partial charge in [0.15, 0.2) is 0 Å². The van der Waals surface area contributed by atoms with Crippen molar-refractivity contribution in [1.82, 2.24) is 4.98 Å². The Kier molecular flexibility index (Phi) is 2.90. The highest BCUT2D eigenvalue weighted by Gasteiger charge is 2.48. The zero-order valence-electron chi connectivity index (χ0n) is 9.79. The highest BCUT2D eigenvalue weighted by Crippen LogP contribution is 2.42. The number of aromatic nitrogens is 1. The van der Waals surface area contributed by atoms with E-state index in [2.05, 4.69) is 10.3 Å². The molecule has 0 saturated heterocycles. The van der Waals surface area contributed by atoms with E-state index < -0.39 is 16.4 Å². The maximum Gasteiger partial charge on any atom is 0.329 e. The van der Waals surface area contributed by atoms with E-state index in [1.165, 1.54) is 25.3 Å². The number of pyridine rings is 1. The van der Waals surface area contributed by atoms with Crippen LogP contribution in [-0.2, 0) is 4.79 Å². The first-order valence-corrected chi connectivity index (χ1v) is 5.56. The SMILES string of the molecule is CC(Nc1ncccc1[N+](=O)[O-])(C(=O)O)C1CC1. The van der Waals surface area contributed by atoms with E-state index in [0.29, 0.717) is 0 Å². The van der Waals surface area contributed by atoms with Gasteiger partial charge in [0.05, 0.1) is 4.92 Å². The Bertz CT molecular complexity index is 501. The van der Waals surface area contributed by atoms with Crippen LogP contribution in [0, 0.1) is 16.0 Å². The number of nitro groups is 1. The first kappa shape index (κ1) is 12.3. The highest BCUT2D eigenvalue weighted by molar-refractivity contribution is 5.83. The number of nitrogens with zero attached hydrogens (tertiary/aromatic N) is 2. The van der Waals surface area contributed by atoms with Crippen molar-refractivity contribution < 1.29 is 14.8 Å². The lowest BCUT2D eigenvalue weighted by atomic mass is 9.96. The largest absolute Gasteiger partial charge is 0.480 e. The molecule has 1 aromatic rings. The van der Waals surface area contributed by atoms with Crippen molar-refractivity contribution in [2.45, 2.75) is 25.3 Å². The second-order valence-electron chi connectivity index (χ2n) is 4.54. The summed E-state index contributed by atoms with van der Waals surface area (Å²) in [7, 11) is 0. The number of anilines is 1. The van der Waals surface area contributed by atoms with Crippen LogP contribution in [0.3, 0.4) is 0 Å². The van der Waals surface area contributed by atoms with Crippen LogP contribution in [-0.4, -0.2) is 26.5 Å². The molecule has 0 spiro atoms. The number of rotatable bonds is 5. The number of carbonyl (C=O) groups is 1. The fourth-order valence-electron chi connectivity index (χ4n) is 1.88. The monoisotopic (exact) mass is 251 g/mol. The highest BCUT2D eigenvalue weighted by atomic mass is 16.6. The number of nitrogens with one attached hydrogen (secondary N) is 1. The molecule has 1 aromatic heterocycles. The predicted octanol–water partition coefficient (Wildman–Crippen LogP) is 1.65. The van der Waals surface area contributed by atoms with E-state index in [-0.39, 0.29) is 17.4 Å². The van der Waals surface area contributed by atoms with Gasteiger partial charge in [0.25, 0.3) is 0 Å². The van der Waals surface area contributed by atoms with E-state index in [1.54, 1.807) is 0 Å². The molecule has 1 atom stereocenters. The van der Waals surface area contributed by atoms with E-state index in [0.717, 1.165) is 12.8 Å². The van der Waals surface area contributed by atoms with Crippen molar-refractivity contribution in [3.05, 3.63) is 28.4 Å². The summed E-state index contributed by atoms with van der Waals surface area (Å²) in [6.45, 7) is 1.53. The van der Waals surface area contributed by atoms with Crippen LogP contribution in [0.1, 0.15) is 19.8 Å². The van der Waals surface area contributed by atoms with Crippen molar-refractivity contribution in [2.24, 2.45) is 5.92 Å². The number of hydrogen-bond acceptors (Lipinski definition) is 5. The molecule has 1 unspecified atom stereocenters. The van der Waals surface area contributed by atoms with E-state index >= 15 is 0 Å². The van der Waals surface area contributed by atoms with E-state index in [4.69, 9.17) is 0 Å². The van der Waals surface area contributed by atoms with Gasteiger partial charge in [0.2, 0.25) is 5.82 Å². The average Bonchev–Trinajstić information content (AvgIpc) is 3.13. The van der Waals surface area contributed by atoms with Crippen LogP contribution in [0.4, 0.5) is 11.5 Å². The van der Waals surface area contributed by atoms with Crippen LogP contribution >= 0.6 is 0 Å². The molecule has 0 aromatic carbocycles. The molecule has 1 heterocycles. The average molecular weight is 251 g/mol. The summed E-state index contributed by atoms with van der Waals surface area (Å²) in [5.74, 6) is -1.04. The second-order valence-corrected chi connectivity index (χ2v) is 4.54. The van der Waals surface area contributed by atoms with Crippen molar-refractivity contribution in [2.75, 3.05) is 5.32 Å². The first-order chi connectivity index (χ1) is 8.45. The second kappa shape index (κ2) is 4.25. The van der Waals surface area contributed by atoms with Gasteiger partial charge in [-0.15, -0.1) is 0 Å². The van der Waals surface area contributed by atoms with Gasteiger partial charge in [0, 0.05) is 12.3 Å². The number of hydrogen-bond donors (Lipinski definition) is 2. The normalized spacial score (nSPS) is 17.8.